The Balaban J connectivity index is 1.30. The molecule has 2 aromatic heterocycles. The first-order valence-electron chi connectivity index (χ1n) is 11.3. The average molecular weight is 519 g/mol. The normalized spacial score (nSPS) is 32.7. The number of Topliss-reactive ketones (excluding diaryl/α,β-unsaturated/α-hetero) is 1. The maximum Gasteiger partial charge on any atom is 0.475 e. The zero-order valence-electron chi connectivity index (χ0n) is 19.6. The van der Waals surface area contributed by atoms with Crippen molar-refractivity contribution in [1.82, 2.24) is 19.5 Å². The van der Waals surface area contributed by atoms with Gasteiger partial charge in [0.05, 0.1) is 25.6 Å². The Kier molecular flexibility index (Phi) is 6.41. The van der Waals surface area contributed by atoms with Crippen molar-refractivity contribution < 1.29 is 37.9 Å². The van der Waals surface area contributed by atoms with Gasteiger partial charge in [0.15, 0.2) is 23.5 Å². The first-order chi connectivity index (χ1) is 17.1. The van der Waals surface area contributed by atoms with Crippen molar-refractivity contribution >= 4 is 30.6 Å². The quantitative estimate of drug-likeness (QED) is 0.318. The number of phosphoric acid groups is 1. The van der Waals surface area contributed by atoms with Crippen LogP contribution in [0.4, 0.5) is 5.82 Å². The number of imidazole rings is 1. The summed E-state index contributed by atoms with van der Waals surface area (Å²) in [6.45, 7) is 2.56. The fourth-order valence-corrected chi connectivity index (χ4v) is 5.74. The third-order valence-corrected chi connectivity index (χ3v) is 7.82. The second kappa shape index (κ2) is 9.27. The molecule has 5 rings (SSSR count). The van der Waals surface area contributed by atoms with E-state index in [0.29, 0.717) is 28.7 Å². The number of anilines is 1. The minimum absolute atomic E-state index is 0.0999. The molecule has 1 aromatic carbocycles. The van der Waals surface area contributed by atoms with Crippen molar-refractivity contribution in [3.05, 3.63) is 48.0 Å². The number of aromatic nitrogens is 4. The van der Waals surface area contributed by atoms with Crippen molar-refractivity contribution in [2.75, 3.05) is 18.9 Å². The van der Waals surface area contributed by atoms with Gasteiger partial charge in [-0.25, -0.2) is 19.5 Å². The molecule has 36 heavy (non-hydrogen) atoms. The second-order valence-corrected chi connectivity index (χ2v) is 10.5. The zero-order chi connectivity index (χ0) is 25.7. The number of hydrogen-bond donors (Lipinski definition) is 3. The summed E-state index contributed by atoms with van der Waals surface area (Å²) < 4.78 is 37.0. The fraction of sp³-hybridized carbons (Fsp3) is 0.455. The molecule has 0 aliphatic carbocycles. The van der Waals surface area contributed by atoms with Gasteiger partial charge in [-0.1, -0.05) is 18.2 Å². The molecule has 1 unspecified atom stereocenters. The van der Waals surface area contributed by atoms with Gasteiger partial charge in [-0.2, -0.15) is 0 Å². The fourth-order valence-electron chi connectivity index (χ4n) is 4.35. The number of carbonyl (C=O) groups excluding carboxylic acids is 1. The van der Waals surface area contributed by atoms with E-state index in [0.717, 1.165) is 0 Å². The van der Waals surface area contributed by atoms with Crippen LogP contribution in [0.1, 0.15) is 48.5 Å². The number of phosphoric ester groups is 1. The lowest BCUT2D eigenvalue weighted by Crippen LogP contribution is -2.44. The van der Waals surface area contributed by atoms with Crippen LogP contribution in [0.5, 0.6) is 0 Å². The van der Waals surface area contributed by atoms with Crippen molar-refractivity contribution in [2.24, 2.45) is 0 Å². The van der Waals surface area contributed by atoms with Gasteiger partial charge in [-0.3, -0.25) is 22.9 Å². The summed E-state index contributed by atoms with van der Waals surface area (Å²) in [4.78, 5) is 23.9. The molecule has 2 fully saturated rings. The SMILES string of the molecule is CC(=O)c1cccc([C@@H]2CCOP(=O)(OC[C@H]3O[C@@H](n4cnc5c(N)ncnc54)[C@](C)(O)[C@@H]3O)O2)c1. The summed E-state index contributed by atoms with van der Waals surface area (Å²) in [5, 5.41) is 21.8. The number of carbonyl (C=O) groups is 1. The van der Waals surface area contributed by atoms with Crippen molar-refractivity contribution in [3.8, 4) is 0 Å². The molecular formula is C22H26N5O8P. The van der Waals surface area contributed by atoms with Gasteiger partial charge in [-0.05, 0) is 25.5 Å². The molecule has 4 heterocycles. The predicted octanol–water partition coefficient (Wildman–Crippen LogP) is 1.92. The Labute approximate surface area is 205 Å². The Hall–Kier alpha value is -2.77. The topological polar surface area (TPSA) is 181 Å². The largest absolute Gasteiger partial charge is 0.475 e. The van der Waals surface area contributed by atoms with E-state index >= 15 is 0 Å². The minimum Gasteiger partial charge on any atom is -0.387 e. The monoisotopic (exact) mass is 519 g/mol. The van der Waals surface area contributed by atoms with Crippen molar-refractivity contribution in [2.45, 2.75) is 50.4 Å². The Morgan fingerprint density at radius 3 is 2.94 bits per heavy atom. The molecule has 14 heteroatoms. The van der Waals surface area contributed by atoms with Crippen LogP contribution in [0.3, 0.4) is 0 Å². The third-order valence-electron chi connectivity index (χ3n) is 6.34. The Morgan fingerprint density at radius 2 is 2.17 bits per heavy atom. The highest BCUT2D eigenvalue weighted by atomic mass is 31.2. The van der Waals surface area contributed by atoms with Crippen LogP contribution in [-0.2, 0) is 22.9 Å². The van der Waals surface area contributed by atoms with E-state index in [1.165, 1.54) is 31.1 Å². The van der Waals surface area contributed by atoms with Gasteiger partial charge in [0.1, 0.15) is 29.7 Å². The predicted molar refractivity (Wildman–Crippen MR) is 125 cm³/mol. The van der Waals surface area contributed by atoms with Gasteiger partial charge in [-0.15, -0.1) is 0 Å². The number of ketones is 1. The van der Waals surface area contributed by atoms with Gasteiger partial charge < -0.3 is 20.7 Å². The molecule has 4 N–H and O–H groups in total. The molecule has 0 amide bonds. The number of ether oxygens (including phenoxy) is 1. The summed E-state index contributed by atoms with van der Waals surface area (Å²) in [6, 6.07) is 6.86. The van der Waals surface area contributed by atoms with E-state index in [4.69, 9.17) is 24.0 Å². The van der Waals surface area contributed by atoms with E-state index in [1.807, 2.05) is 0 Å². The van der Waals surface area contributed by atoms with Gasteiger partial charge >= 0.3 is 7.82 Å². The van der Waals surface area contributed by atoms with E-state index in [2.05, 4.69) is 15.0 Å². The second-order valence-electron chi connectivity index (χ2n) is 8.92. The number of hydrogen-bond acceptors (Lipinski definition) is 12. The lowest BCUT2D eigenvalue weighted by Gasteiger charge is -2.30. The molecule has 2 aliphatic heterocycles. The van der Waals surface area contributed by atoms with Gasteiger partial charge in [0.25, 0.3) is 0 Å². The van der Waals surface area contributed by atoms with Gasteiger partial charge in [0.2, 0.25) is 0 Å². The smallest absolute Gasteiger partial charge is 0.387 e. The Bertz CT molecular complexity index is 1350. The molecule has 2 aliphatic rings. The highest BCUT2D eigenvalue weighted by molar-refractivity contribution is 7.48. The standard InChI is InChI=1S/C22H26N5O8P/c1-12(28)13-4-3-5-14(8-13)15-6-7-32-36(31,35-15)33-9-16-18(29)22(2,30)21(34-16)27-11-26-17-19(23)24-10-25-20(17)27/h3-5,8,10-11,15-16,18,21,29-30H,6-7,9H2,1-2H3,(H2,23,24,25)/t15-,16+,18+,21+,22+,36?/m0/s1. The van der Waals surface area contributed by atoms with Crippen LogP contribution in [0.2, 0.25) is 0 Å². The molecule has 0 spiro atoms. The molecule has 6 atom stereocenters. The average Bonchev–Trinajstić information content (AvgIpc) is 3.37. The Morgan fingerprint density at radius 1 is 1.36 bits per heavy atom. The lowest BCUT2D eigenvalue weighted by atomic mass is 9.96. The molecule has 0 bridgehead atoms. The summed E-state index contributed by atoms with van der Waals surface area (Å²) in [5.74, 6) is 0.0575. The number of nitrogen functional groups attached to an aromatic ring is 1. The van der Waals surface area contributed by atoms with Crippen molar-refractivity contribution in [3.63, 3.8) is 0 Å². The summed E-state index contributed by atoms with van der Waals surface area (Å²) >= 11 is 0. The molecule has 13 nitrogen and oxygen atoms in total. The van der Waals surface area contributed by atoms with Crippen LogP contribution < -0.4 is 5.73 Å². The third kappa shape index (κ3) is 4.43. The molecule has 3 aromatic rings. The summed E-state index contributed by atoms with van der Waals surface area (Å²) in [7, 11) is -4.03. The molecule has 2 saturated heterocycles. The van der Waals surface area contributed by atoms with E-state index in [9.17, 15) is 19.6 Å². The minimum atomic E-state index is -4.03. The maximum atomic E-state index is 13.2. The number of nitrogens with two attached hydrogens (primary N) is 1. The van der Waals surface area contributed by atoms with Crippen LogP contribution in [0.15, 0.2) is 36.9 Å². The zero-order valence-corrected chi connectivity index (χ0v) is 20.4. The highest BCUT2D eigenvalue weighted by Crippen LogP contribution is 2.57. The van der Waals surface area contributed by atoms with E-state index in [-0.39, 0.29) is 18.2 Å². The molecular weight excluding hydrogens is 493 g/mol. The molecule has 192 valence electrons. The molecule has 0 radical (unpaired) electrons. The summed E-state index contributed by atoms with van der Waals surface area (Å²) in [5.41, 5.74) is 5.86. The van der Waals surface area contributed by atoms with E-state index < -0.39 is 44.6 Å². The summed E-state index contributed by atoms with van der Waals surface area (Å²) in [6.07, 6.45) is -1.18. The number of benzene rings is 1. The van der Waals surface area contributed by atoms with E-state index in [1.54, 1.807) is 24.3 Å². The van der Waals surface area contributed by atoms with Crippen LogP contribution in [0.25, 0.3) is 11.2 Å². The first-order valence-corrected chi connectivity index (χ1v) is 12.7. The lowest BCUT2D eigenvalue weighted by molar-refractivity contribution is -0.0953. The number of rotatable bonds is 6. The molecule has 0 saturated carbocycles. The van der Waals surface area contributed by atoms with Gasteiger partial charge in [0, 0.05) is 12.0 Å². The number of aliphatic hydroxyl groups is 2. The maximum absolute atomic E-state index is 13.2. The van der Waals surface area contributed by atoms with Crippen LogP contribution in [-0.4, -0.2) is 66.5 Å². The van der Waals surface area contributed by atoms with Crippen LogP contribution >= 0.6 is 7.82 Å². The number of aliphatic hydroxyl groups excluding tert-OH is 1. The van der Waals surface area contributed by atoms with Crippen LogP contribution in [0, 0.1) is 0 Å². The van der Waals surface area contributed by atoms with Crippen molar-refractivity contribution in [1.29, 1.82) is 0 Å². The first kappa shape index (κ1) is 24.9. The highest BCUT2D eigenvalue weighted by Gasteiger charge is 2.54. The number of fused-ring (bicyclic) bond motifs is 1. The number of nitrogens with zero attached hydrogens (tertiary/aromatic N) is 4.